The van der Waals surface area contributed by atoms with Crippen LogP contribution in [0.2, 0.25) is 0 Å². The van der Waals surface area contributed by atoms with Gasteiger partial charge in [0.25, 0.3) is 0 Å². The molecule has 1 fully saturated rings. The zero-order valence-corrected chi connectivity index (χ0v) is 12.0. The van der Waals surface area contributed by atoms with E-state index in [-0.39, 0.29) is 0 Å². The minimum absolute atomic E-state index is 0.368. The normalized spacial score (nSPS) is 19.0. The fraction of sp³-hybridized carbons (Fsp3) is 1.00. The van der Waals surface area contributed by atoms with Crippen molar-refractivity contribution in [3.05, 3.63) is 0 Å². The van der Waals surface area contributed by atoms with Crippen molar-refractivity contribution in [3.63, 3.8) is 0 Å². The SMILES string of the molecule is CCCCC(C)OCCOCCN1CCOCC1. The molecule has 4 heteroatoms. The highest BCUT2D eigenvalue weighted by Gasteiger charge is 2.09. The molecule has 1 aliphatic heterocycles. The predicted molar refractivity (Wildman–Crippen MR) is 73.0 cm³/mol. The maximum absolute atomic E-state index is 5.68. The first-order chi connectivity index (χ1) is 8.83. The quantitative estimate of drug-likeness (QED) is 0.561. The van der Waals surface area contributed by atoms with E-state index in [0.717, 1.165) is 45.9 Å². The Morgan fingerprint density at radius 2 is 1.94 bits per heavy atom. The number of rotatable bonds is 10. The molecule has 108 valence electrons. The van der Waals surface area contributed by atoms with Gasteiger partial charge in [0.1, 0.15) is 0 Å². The maximum Gasteiger partial charge on any atom is 0.0704 e. The second-order valence-corrected chi connectivity index (χ2v) is 4.89. The molecule has 0 N–H and O–H groups in total. The van der Waals surface area contributed by atoms with E-state index in [4.69, 9.17) is 14.2 Å². The molecule has 0 amide bonds. The third-order valence-electron chi connectivity index (χ3n) is 3.25. The summed E-state index contributed by atoms with van der Waals surface area (Å²) in [5.41, 5.74) is 0. The molecule has 0 aromatic rings. The monoisotopic (exact) mass is 259 g/mol. The van der Waals surface area contributed by atoms with Crippen LogP contribution in [-0.2, 0) is 14.2 Å². The van der Waals surface area contributed by atoms with Gasteiger partial charge in [-0.3, -0.25) is 4.90 Å². The number of morpholine rings is 1. The van der Waals surface area contributed by atoms with Crippen LogP contribution in [0.3, 0.4) is 0 Å². The smallest absolute Gasteiger partial charge is 0.0704 e. The lowest BCUT2D eigenvalue weighted by molar-refractivity contribution is -0.00784. The summed E-state index contributed by atoms with van der Waals surface area (Å²) in [5.74, 6) is 0. The lowest BCUT2D eigenvalue weighted by Gasteiger charge is -2.26. The van der Waals surface area contributed by atoms with Gasteiger partial charge >= 0.3 is 0 Å². The summed E-state index contributed by atoms with van der Waals surface area (Å²) in [6.07, 6.45) is 4.01. The van der Waals surface area contributed by atoms with Crippen molar-refractivity contribution in [2.24, 2.45) is 0 Å². The zero-order valence-electron chi connectivity index (χ0n) is 12.0. The van der Waals surface area contributed by atoms with E-state index in [0.29, 0.717) is 19.3 Å². The van der Waals surface area contributed by atoms with Crippen molar-refractivity contribution in [2.75, 3.05) is 52.7 Å². The van der Waals surface area contributed by atoms with Gasteiger partial charge in [-0.05, 0) is 13.3 Å². The van der Waals surface area contributed by atoms with Gasteiger partial charge in [0.2, 0.25) is 0 Å². The van der Waals surface area contributed by atoms with Crippen molar-refractivity contribution in [1.82, 2.24) is 4.90 Å². The number of hydrogen-bond donors (Lipinski definition) is 0. The molecular formula is C14H29NO3. The van der Waals surface area contributed by atoms with Crippen LogP contribution in [-0.4, -0.2) is 63.7 Å². The topological polar surface area (TPSA) is 30.9 Å². The van der Waals surface area contributed by atoms with Gasteiger partial charge in [0, 0.05) is 19.6 Å². The van der Waals surface area contributed by atoms with Crippen LogP contribution in [0.1, 0.15) is 33.1 Å². The van der Waals surface area contributed by atoms with Crippen molar-refractivity contribution in [2.45, 2.75) is 39.2 Å². The van der Waals surface area contributed by atoms with Crippen molar-refractivity contribution < 1.29 is 14.2 Å². The molecule has 1 heterocycles. The molecular weight excluding hydrogens is 230 g/mol. The van der Waals surface area contributed by atoms with Gasteiger partial charge < -0.3 is 14.2 Å². The predicted octanol–water partition coefficient (Wildman–Crippen LogP) is 1.93. The standard InChI is InChI=1S/C14H29NO3/c1-3-4-5-14(2)18-13-12-17-11-8-15-6-9-16-10-7-15/h14H,3-13H2,1-2H3. The summed E-state index contributed by atoms with van der Waals surface area (Å²) in [5, 5.41) is 0. The molecule has 4 nitrogen and oxygen atoms in total. The first kappa shape index (κ1) is 15.9. The molecule has 1 atom stereocenters. The lowest BCUT2D eigenvalue weighted by atomic mass is 10.2. The molecule has 0 bridgehead atoms. The van der Waals surface area contributed by atoms with Crippen LogP contribution >= 0.6 is 0 Å². The van der Waals surface area contributed by atoms with Crippen LogP contribution in [0.4, 0.5) is 0 Å². The van der Waals surface area contributed by atoms with Gasteiger partial charge in [-0.15, -0.1) is 0 Å². The number of nitrogens with zero attached hydrogens (tertiary/aromatic N) is 1. The molecule has 0 aromatic heterocycles. The van der Waals surface area contributed by atoms with E-state index in [1.54, 1.807) is 0 Å². The molecule has 1 rings (SSSR count). The first-order valence-electron chi connectivity index (χ1n) is 7.32. The van der Waals surface area contributed by atoms with Crippen LogP contribution in [0.5, 0.6) is 0 Å². The average molecular weight is 259 g/mol. The van der Waals surface area contributed by atoms with Gasteiger partial charge in [0.05, 0.1) is 39.1 Å². The molecule has 1 saturated heterocycles. The molecule has 1 aliphatic rings. The summed E-state index contributed by atoms with van der Waals surface area (Å²) in [6, 6.07) is 0. The van der Waals surface area contributed by atoms with Crippen molar-refractivity contribution in [1.29, 1.82) is 0 Å². The Morgan fingerprint density at radius 3 is 2.67 bits per heavy atom. The molecule has 0 aliphatic carbocycles. The van der Waals surface area contributed by atoms with E-state index in [9.17, 15) is 0 Å². The summed E-state index contributed by atoms with van der Waals surface area (Å²) >= 11 is 0. The van der Waals surface area contributed by atoms with Gasteiger partial charge in [-0.25, -0.2) is 0 Å². The Bertz CT molecular complexity index is 184. The highest BCUT2D eigenvalue weighted by atomic mass is 16.5. The first-order valence-corrected chi connectivity index (χ1v) is 7.32. The zero-order chi connectivity index (χ0) is 13.1. The molecule has 0 saturated carbocycles. The van der Waals surface area contributed by atoms with E-state index >= 15 is 0 Å². The third-order valence-corrected chi connectivity index (χ3v) is 3.25. The number of hydrogen-bond acceptors (Lipinski definition) is 4. The van der Waals surface area contributed by atoms with Gasteiger partial charge in [0.15, 0.2) is 0 Å². The Labute approximate surface area is 112 Å². The third kappa shape index (κ3) is 8.03. The average Bonchev–Trinajstić information content (AvgIpc) is 2.41. The fourth-order valence-corrected chi connectivity index (χ4v) is 2.00. The van der Waals surface area contributed by atoms with Crippen LogP contribution < -0.4 is 0 Å². The van der Waals surface area contributed by atoms with E-state index in [2.05, 4.69) is 18.7 Å². The van der Waals surface area contributed by atoms with Gasteiger partial charge in [-0.1, -0.05) is 19.8 Å². The maximum atomic E-state index is 5.68. The highest BCUT2D eigenvalue weighted by Crippen LogP contribution is 2.03. The molecule has 0 radical (unpaired) electrons. The largest absolute Gasteiger partial charge is 0.379 e. The van der Waals surface area contributed by atoms with E-state index < -0.39 is 0 Å². The molecule has 1 unspecified atom stereocenters. The van der Waals surface area contributed by atoms with Crippen LogP contribution in [0.15, 0.2) is 0 Å². The summed E-state index contributed by atoms with van der Waals surface area (Å²) in [4.78, 5) is 2.38. The van der Waals surface area contributed by atoms with Crippen molar-refractivity contribution >= 4 is 0 Å². The van der Waals surface area contributed by atoms with Crippen molar-refractivity contribution in [3.8, 4) is 0 Å². The van der Waals surface area contributed by atoms with Gasteiger partial charge in [-0.2, -0.15) is 0 Å². The van der Waals surface area contributed by atoms with E-state index in [1.807, 2.05) is 0 Å². The number of unbranched alkanes of at least 4 members (excludes halogenated alkanes) is 1. The molecule has 0 aromatic carbocycles. The minimum atomic E-state index is 0.368. The highest BCUT2D eigenvalue weighted by molar-refractivity contribution is 4.60. The molecule has 18 heavy (non-hydrogen) atoms. The Morgan fingerprint density at radius 1 is 1.17 bits per heavy atom. The summed E-state index contributed by atoms with van der Waals surface area (Å²) < 4.78 is 16.6. The fourth-order valence-electron chi connectivity index (χ4n) is 2.00. The number of ether oxygens (including phenoxy) is 3. The van der Waals surface area contributed by atoms with Crippen LogP contribution in [0.25, 0.3) is 0 Å². The van der Waals surface area contributed by atoms with E-state index in [1.165, 1.54) is 12.8 Å². The van der Waals surface area contributed by atoms with Crippen LogP contribution in [0, 0.1) is 0 Å². The Kier molecular flexibility index (Phi) is 9.48. The Balaban J connectivity index is 1.83. The summed E-state index contributed by atoms with van der Waals surface area (Å²) in [6.45, 7) is 11.4. The Hall–Kier alpha value is -0.160. The minimum Gasteiger partial charge on any atom is -0.379 e. The summed E-state index contributed by atoms with van der Waals surface area (Å²) in [7, 11) is 0. The molecule has 0 spiro atoms. The second kappa shape index (κ2) is 10.7. The second-order valence-electron chi connectivity index (χ2n) is 4.89. The lowest BCUT2D eigenvalue weighted by Crippen LogP contribution is -2.38.